The topological polar surface area (TPSA) is 104 Å². The molecule has 2 aromatic rings. The quantitative estimate of drug-likeness (QED) is 0.401. The summed E-state index contributed by atoms with van der Waals surface area (Å²) in [6.07, 6.45) is 4.06. The molecule has 9 heteroatoms. The molecule has 1 fully saturated rings. The van der Waals surface area contributed by atoms with Crippen molar-refractivity contribution >= 4 is 28.9 Å². The number of hydrogen-bond donors (Lipinski definition) is 3. The number of carbonyl (C=O) groups excluding carboxylic acids is 1. The van der Waals surface area contributed by atoms with Crippen molar-refractivity contribution in [1.29, 1.82) is 0 Å². The molecular weight excluding hydrogens is 390 g/mol. The van der Waals surface area contributed by atoms with Crippen molar-refractivity contribution in [2.24, 2.45) is 11.7 Å². The smallest absolute Gasteiger partial charge is 0.271 e. The summed E-state index contributed by atoms with van der Waals surface area (Å²) in [6, 6.07) is 9.14. The molecule has 2 aliphatic heterocycles. The number of carbonyl (C=O) groups is 1. The maximum absolute atomic E-state index is 13.1. The van der Waals surface area contributed by atoms with Gasteiger partial charge in [0.1, 0.15) is 0 Å². The summed E-state index contributed by atoms with van der Waals surface area (Å²) in [5.74, 6) is 12.3. The first kappa shape index (κ1) is 19.9. The third-order valence-corrected chi connectivity index (χ3v) is 5.81. The van der Waals surface area contributed by atoms with Crippen molar-refractivity contribution in [2.45, 2.75) is 38.5 Å². The molecule has 4 rings (SSSR count). The molecule has 1 aromatic heterocycles. The van der Waals surface area contributed by atoms with Gasteiger partial charge >= 0.3 is 0 Å². The number of para-hydroxylation sites is 1. The van der Waals surface area contributed by atoms with E-state index in [2.05, 4.69) is 15.2 Å². The lowest BCUT2D eigenvalue weighted by atomic mass is 10.1. The Balaban J connectivity index is 1.69. The van der Waals surface area contributed by atoms with Gasteiger partial charge in [-0.25, -0.2) is 15.9 Å². The number of fused-ring (bicyclic) bond motifs is 1. The Morgan fingerprint density at radius 3 is 2.97 bits per heavy atom. The summed E-state index contributed by atoms with van der Waals surface area (Å²) in [5.41, 5.74) is 2.96. The fourth-order valence-corrected chi connectivity index (χ4v) is 4.40. The number of nitrogens with two attached hydrogens (primary N) is 2. The van der Waals surface area contributed by atoms with Gasteiger partial charge in [-0.15, -0.1) is 0 Å². The van der Waals surface area contributed by atoms with Crippen LogP contribution in [-0.4, -0.2) is 46.3 Å². The number of nitrogens with one attached hydrogen (secondary N) is 1. The number of hydrazine groups is 2. The van der Waals surface area contributed by atoms with Gasteiger partial charge in [0.15, 0.2) is 6.29 Å². The van der Waals surface area contributed by atoms with Crippen molar-refractivity contribution in [3.8, 4) is 0 Å². The van der Waals surface area contributed by atoms with Gasteiger partial charge in [-0.1, -0.05) is 24.1 Å². The summed E-state index contributed by atoms with van der Waals surface area (Å²) in [6.45, 7) is 3.35. The summed E-state index contributed by atoms with van der Waals surface area (Å²) < 4.78 is 0. The van der Waals surface area contributed by atoms with Crippen molar-refractivity contribution in [3.05, 3.63) is 52.8 Å². The van der Waals surface area contributed by atoms with E-state index in [4.69, 9.17) is 23.3 Å². The zero-order valence-corrected chi connectivity index (χ0v) is 17.1. The van der Waals surface area contributed by atoms with E-state index in [1.807, 2.05) is 30.1 Å². The molecule has 1 aromatic carbocycles. The zero-order valence-electron chi connectivity index (χ0n) is 16.4. The first-order valence-corrected chi connectivity index (χ1v) is 10.2. The molecule has 2 atom stereocenters. The lowest BCUT2D eigenvalue weighted by molar-refractivity contribution is 0.0689. The highest BCUT2D eigenvalue weighted by Gasteiger charge is 2.40. The van der Waals surface area contributed by atoms with E-state index >= 15 is 0 Å². The molecule has 2 aliphatic rings. The fourth-order valence-electron chi connectivity index (χ4n) is 4.12. The normalized spacial score (nSPS) is 22.0. The standard InChI is InChI=1S/C20H26ClN7O/c1-13-11-14(8-9-24-13)19(29)28(23)20-25-17-7-4-6-16(21)18(17)27(20)15-5-2-3-10-26(22)12-15/h4,6-9,11,15,20,25H,2-3,5,10,12,22-23H2,1H3/t15-,20?/m1/s1. The lowest BCUT2D eigenvalue weighted by Crippen LogP contribution is -2.60. The van der Waals surface area contributed by atoms with E-state index in [1.165, 1.54) is 5.01 Å². The molecule has 0 saturated carbocycles. The van der Waals surface area contributed by atoms with Gasteiger partial charge in [0.25, 0.3) is 5.91 Å². The molecule has 0 aliphatic carbocycles. The third-order valence-electron chi connectivity index (χ3n) is 5.51. The minimum Gasteiger partial charge on any atom is -0.345 e. The fraction of sp³-hybridized carbons (Fsp3) is 0.400. The summed E-state index contributed by atoms with van der Waals surface area (Å²) in [7, 11) is 0. The molecule has 1 unspecified atom stereocenters. The monoisotopic (exact) mass is 415 g/mol. The van der Waals surface area contributed by atoms with Crippen LogP contribution >= 0.6 is 11.6 Å². The highest BCUT2D eigenvalue weighted by molar-refractivity contribution is 6.34. The number of halogens is 1. The van der Waals surface area contributed by atoms with E-state index in [0.717, 1.165) is 42.9 Å². The molecule has 154 valence electrons. The summed E-state index contributed by atoms with van der Waals surface area (Å²) in [5, 5.41) is 7.05. The second-order valence-corrected chi connectivity index (χ2v) is 8.01. The number of benzene rings is 1. The molecule has 3 heterocycles. The molecule has 29 heavy (non-hydrogen) atoms. The second kappa shape index (κ2) is 8.16. The van der Waals surface area contributed by atoms with Crippen LogP contribution in [-0.2, 0) is 0 Å². The third kappa shape index (κ3) is 3.89. The van der Waals surface area contributed by atoms with Gasteiger partial charge in [0.05, 0.1) is 16.4 Å². The highest BCUT2D eigenvalue weighted by Crippen LogP contribution is 2.43. The van der Waals surface area contributed by atoms with Crippen LogP contribution in [0.4, 0.5) is 11.4 Å². The Morgan fingerprint density at radius 2 is 2.17 bits per heavy atom. The predicted molar refractivity (Wildman–Crippen MR) is 114 cm³/mol. The maximum atomic E-state index is 13.1. The molecular formula is C20H26ClN7O. The van der Waals surface area contributed by atoms with Crippen molar-refractivity contribution in [3.63, 3.8) is 0 Å². The highest BCUT2D eigenvalue weighted by atomic mass is 35.5. The van der Waals surface area contributed by atoms with E-state index in [9.17, 15) is 4.79 Å². The minimum atomic E-state index is -0.567. The zero-order chi connectivity index (χ0) is 20.5. The van der Waals surface area contributed by atoms with Crippen LogP contribution in [0.15, 0.2) is 36.5 Å². The SMILES string of the molecule is Cc1cc(C(=O)N(N)C2Nc3cccc(Cl)c3N2[C@@H]2CCCCN(N)C2)ccn1. The molecule has 0 spiro atoms. The van der Waals surface area contributed by atoms with Gasteiger partial charge in [0, 0.05) is 36.6 Å². The second-order valence-electron chi connectivity index (χ2n) is 7.60. The molecule has 1 saturated heterocycles. The number of amides is 1. The van der Waals surface area contributed by atoms with Gasteiger partial charge in [-0.3, -0.25) is 15.6 Å². The molecule has 1 amide bonds. The summed E-state index contributed by atoms with van der Waals surface area (Å²) in [4.78, 5) is 19.4. The number of aryl methyl sites for hydroxylation is 1. The van der Waals surface area contributed by atoms with E-state index in [0.29, 0.717) is 17.1 Å². The Hall–Kier alpha value is -2.39. The van der Waals surface area contributed by atoms with Crippen LogP contribution in [0.2, 0.25) is 5.02 Å². The maximum Gasteiger partial charge on any atom is 0.271 e. The number of pyridine rings is 1. The Morgan fingerprint density at radius 1 is 1.34 bits per heavy atom. The van der Waals surface area contributed by atoms with Crippen LogP contribution < -0.4 is 21.9 Å². The van der Waals surface area contributed by atoms with Crippen LogP contribution in [0.3, 0.4) is 0 Å². The predicted octanol–water partition coefficient (Wildman–Crippen LogP) is 2.30. The van der Waals surface area contributed by atoms with Gasteiger partial charge in [-0.2, -0.15) is 0 Å². The average molecular weight is 416 g/mol. The summed E-state index contributed by atoms with van der Waals surface area (Å²) >= 11 is 6.57. The van der Waals surface area contributed by atoms with Crippen LogP contribution in [0.25, 0.3) is 0 Å². The number of rotatable bonds is 3. The Kier molecular flexibility index (Phi) is 5.60. The average Bonchev–Trinajstić information content (AvgIpc) is 2.97. The van der Waals surface area contributed by atoms with Crippen LogP contribution in [0.5, 0.6) is 0 Å². The number of nitrogens with zero attached hydrogens (tertiary/aromatic N) is 4. The number of anilines is 2. The molecule has 0 bridgehead atoms. The Bertz CT molecular complexity index is 908. The minimum absolute atomic E-state index is 0.0687. The molecule has 8 nitrogen and oxygen atoms in total. The van der Waals surface area contributed by atoms with Crippen LogP contribution in [0.1, 0.15) is 35.3 Å². The number of aromatic nitrogens is 1. The Labute approximate surface area is 175 Å². The lowest BCUT2D eigenvalue weighted by Gasteiger charge is -2.39. The largest absolute Gasteiger partial charge is 0.345 e. The van der Waals surface area contributed by atoms with Crippen molar-refractivity contribution in [2.75, 3.05) is 23.3 Å². The first-order chi connectivity index (χ1) is 14.0. The van der Waals surface area contributed by atoms with E-state index in [-0.39, 0.29) is 11.9 Å². The first-order valence-electron chi connectivity index (χ1n) is 9.79. The van der Waals surface area contributed by atoms with E-state index < -0.39 is 6.29 Å². The van der Waals surface area contributed by atoms with Gasteiger partial charge in [0.2, 0.25) is 0 Å². The van der Waals surface area contributed by atoms with Gasteiger partial charge < -0.3 is 10.2 Å². The van der Waals surface area contributed by atoms with Gasteiger partial charge in [-0.05, 0) is 44.0 Å². The number of hydrogen-bond acceptors (Lipinski definition) is 7. The molecule has 5 N–H and O–H groups in total. The molecule has 0 radical (unpaired) electrons. The van der Waals surface area contributed by atoms with Crippen molar-refractivity contribution < 1.29 is 4.79 Å². The van der Waals surface area contributed by atoms with Crippen molar-refractivity contribution in [1.82, 2.24) is 15.0 Å². The van der Waals surface area contributed by atoms with Crippen LogP contribution in [0, 0.1) is 6.92 Å². The van der Waals surface area contributed by atoms with E-state index in [1.54, 1.807) is 18.3 Å².